The highest BCUT2D eigenvalue weighted by molar-refractivity contribution is 4.72. The molecule has 78 valence electrons. The van der Waals surface area contributed by atoms with E-state index in [9.17, 15) is 0 Å². The van der Waals surface area contributed by atoms with Gasteiger partial charge in [0.25, 0.3) is 0 Å². The summed E-state index contributed by atoms with van der Waals surface area (Å²) in [5, 5.41) is 8.66. The fourth-order valence-corrected chi connectivity index (χ4v) is 2.20. The van der Waals surface area contributed by atoms with Crippen LogP contribution in [0.1, 0.15) is 44.9 Å². The minimum atomic E-state index is 0.355. The Morgan fingerprint density at radius 1 is 1.15 bits per heavy atom. The Labute approximate surface area is 81.3 Å². The monoisotopic (exact) mass is 186 g/mol. The number of ether oxygens (including phenoxy) is 1. The molecule has 0 amide bonds. The van der Waals surface area contributed by atoms with Crippen LogP contribution in [0, 0.1) is 5.92 Å². The molecule has 0 saturated heterocycles. The molecule has 0 bridgehead atoms. The average Bonchev–Trinajstić information content (AvgIpc) is 2.19. The Kier molecular flexibility index (Phi) is 5.40. The SMILES string of the molecule is COC1CCC(CCCCO)CC1. The van der Waals surface area contributed by atoms with Crippen molar-refractivity contribution in [1.29, 1.82) is 0 Å². The zero-order valence-electron chi connectivity index (χ0n) is 8.67. The van der Waals surface area contributed by atoms with Gasteiger partial charge in [-0.3, -0.25) is 0 Å². The minimum absolute atomic E-state index is 0.355. The Morgan fingerprint density at radius 2 is 1.85 bits per heavy atom. The Morgan fingerprint density at radius 3 is 2.38 bits per heavy atom. The van der Waals surface area contributed by atoms with Gasteiger partial charge in [0, 0.05) is 13.7 Å². The maximum atomic E-state index is 8.66. The molecule has 2 nitrogen and oxygen atoms in total. The molecule has 0 aromatic rings. The van der Waals surface area contributed by atoms with Crippen LogP contribution in [-0.2, 0) is 4.74 Å². The summed E-state index contributed by atoms with van der Waals surface area (Å²) in [6.45, 7) is 0.355. The van der Waals surface area contributed by atoms with E-state index in [2.05, 4.69) is 0 Å². The van der Waals surface area contributed by atoms with Crippen LogP contribution in [0.25, 0.3) is 0 Å². The molecule has 0 spiro atoms. The van der Waals surface area contributed by atoms with E-state index in [0.717, 1.165) is 12.3 Å². The second kappa shape index (κ2) is 6.39. The van der Waals surface area contributed by atoms with Gasteiger partial charge in [-0.25, -0.2) is 0 Å². The van der Waals surface area contributed by atoms with Crippen LogP contribution in [-0.4, -0.2) is 24.9 Å². The van der Waals surface area contributed by atoms with Crippen LogP contribution in [0.4, 0.5) is 0 Å². The van der Waals surface area contributed by atoms with Crippen molar-refractivity contribution in [3.05, 3.63) is 0 Å². The third kappa shape index (κ3) is 4.10. The molecule has 0 radical (unpaired) electrons. The number of rotatable bonds is 5. The number of hydrogen-bond donors (Lipinski definition) is 1. The smallest absolute Gasteiger partial charge is 0.0571 e. The fourth-order valence-electron chi connectivity index (χ4n) is 2.20. The van der Waals surface area contributed by atoms with Crippen LogP contribution in [0.3, 0.4) is 0 Å². The molecular weight excluding hydrogens is 164 g/mol. The van der Waals surface area contributed by atoms with Crippen LogP contribution in [0.2, 0.25) is 0 Å². The van der Waals surface area contributed by atoms with Gasteiger partial charge in [0.15, 0.2) is 0 Å². The van der Waals surface area contributed by atoms with Crippen molar-refractivity contribution in [3.63, 3.8) is 0 Å². The minimum Gasteiger partial charge on any atom is -0.396 e. The second-order valence-electron chi connectivity index (χ2n) is 4.10. The molecule has 13 heavy (non-hydrogen) atoms. The second-order valence-corrected chi connectivity index (χ2v) is 4.10. The van der Waals surface area contributed by atoms with Crippen LogP contribution >= 0.6 is 0 Å². The van der Waals surface area contributed by atoms with Crippen molar-refractivity contribution < 1.29 is 9.84 Å². The lowest BCUT2D eigenvalue weighted by Crippen LogP contribution is -2.20. The Bertz CT molecular complexity index is 115. The molecular formula is C11H22O2. The Hall–Kier alpha value is -0.0800. The van der Waals surface area contributed by atoms with Gasteiger partial charge >= 0.3 is 0 Å². The van der Waals surface area contributed by atoms with E-state index in [1.54, 1.807) is 0 Å². The summed E-state index contributed by atoms with van der Waals surface area (Å²) < 4.78 is 5.33. The molecule has 0 aliphatic heterocycles. The first-order chi connectivity index (χ1) is 6.36. The predicted octanol–water partition coefficient (Wildman–Crippen LogP) is 2.35. The van der Waals surface area contributed by atoms with Crippen LogP contribution < -0.4 is 0 Å². The predicted molar refractivity (Wildman–Crippen MR) is 53.7 cm³/mol. The number of aliphatic hydroxyl groups is 1. The van der Waals surface area contributed by atoms with E-state index in [-0.39, 0.29) is 0 Å². The largest absolute Gasteiger partial charge is 0.396 e. The molecule has 1 N–H and O–H groups in total. The standard InChI is InChI=1S/C11H22O2/c1-13-11-7-5-10(6-8-11)4-2-3-9-12/h10-12H,2-9H2,1H3. The van der Waals surface area contributed by atoms with Crippen molar-refractivity contribution in [3.8, 4) is 0 Å². The van der Waals surface area contributed by atoms with E-state index in [1.165, 1.54) is 38.5 Å². The number of unbranched alkanes of at least 4 members (excludes halogenated alkanes) is 1. The molecule has 1 fully saturated rings. The molecule has 1 saturated carbocycles. The molecule has 1 aliphatic rings. The lowest BCUT2D eigenvalue weighted by Gasteiger charge is -2.27. The zero-order chi connectivity index (χ0) is 9.52. The highest BCUT2D eigenvalue weighted by Gasteiger charge is 2.19. The lowest BCUT2D eigenvalue weighted by molar-refractivity contribution is 0.0550. The van der Waals surface area contributed by atoms with Crippen molar-refractivity contribution in [2.45, 2.75) is 51.0 Å². The molecule has 0 aromatic carbocycles. The highest BCUT2D eigenvalue weighted by Crippen LogP contribution is 2.29. The summed E-state index contributed by atoms with van der Waals surface area (Å²) in [6.07, 6.45) is 9.11. The van der Waals surface area contributed by atoms with Gasteiger partial charge in [-0.1, -0.05) is 12.8 Å². The summed E-state index contributed by atoms with van der Waals surface area (Å²) in [5.74, 6) is 0.901. The van der Waals surface area contributed by atoms with Crippen LogP contribution in [0.15, 0.2) is 0 Å². The Balaban J connectivity index is 2.03. The summed E-state index contributed by atoms with van der Waals surface area (Å²) in [7, 11) is 1.82. The quantitative estimate of drug-likeness (QED) is 0.668. The number of hydrogen-bond acceptors (Lipinski definition) is 2. The van der Waals surface area contributed by atoms with E-state index in [0.29, 0.717) is 12.7 Å². The van der Waals surface area contributed by atoms with Crippen LogP contribution in [0.5, 0.6) is 0 Å². The summed E-state index contributed by atoms with van der Waals surface area (Å²) in [5.41, 5.74) is 0. The maximum absolute atomic E-state index is 8.66. The number of aliphatic hydroxyl groups excluding tert-OH is 1. The van der Waals surface area contributed by atoms with Gasteiger partial charge in [-0.05, 0) is 38.0 Å². The third-order valence-corrected chi connectivity index (χ3v) is 3.15. The van der Waals surface area contributed by atoms with Gasteiger partial charge in [0.05, 0.1) is 6.10 Å². The molecule has 1 aliphatic carbocycles. The molecule has 0 unspecified atom stereocenters. The van der Waals surface area contributed by atoms with Gasteiger partial charge in [0.2, 0.25) is 0 Å². The maximum Gasteiger partial charge on any atom is 0.0571 e. The molecule has 0 heterocycles. The van der Waals surface area contributed by atoms with Gasteiger partial charge in [-0.15, -0.1) is 0 Å². The van der Waals surface area contributed by atoms with E-state index >= 15 is 0 Å². The highest BCUT2D eigenvalue weighted by atomic mass is 16.5. The lowest BCUT2D eigenvalue weighted by atomic mass is 9.84. The normalized spacial score (nSPS) is 29.1. The van der Waals surface area contributed by atoms with E-state index in [1.807, 2.05) is 7.11 Å². The van der Waals surface area contributed by atoms with Gasteiger partial charge in [-0.2, -0.15) is 0 Å². The zero-order valence-corrected chi connectivity index (χ0v) is 8.67. The summed E-state index contributed by atoms with van der Waals surface area (Å²) in [4.78, 5) is 0. The van der Waals surface area contributed by atoms with Gasteiger partial charge < -0.3 is 9.84 Å². The average molecular weight is 186 g/mol. The molecule has 2 heteroatoms. The molecule has 0 atom stereocenters. The van der Waals surface area contributed by atoms with E-state index in [4.69, 9.17) is 9.84 Å². The first kappa shape index (κ1) is 11.0. The molecule has 1 rings (SSSR count). The number of methoxy groups -OCH3 is 1. The van der Waals surface area contributed by atoms with Crippen molar-refractivity contribution >= 4 is 0 Å². The van der Waals surface area contributed by atoms with Crippen molar-refractivity contribution in [2.24, 2.45) is 5.92 Å². The summed E-state index contributed by atoms with van der Waals surface area (Å²) >= 11 is 0. The fraction of sp³-hybridized carbons (Fsp3) is 1.00. The topological polar surface area (TPSA) is 29.5 Å². The van der Waals surface area contributed by atoms with Gasteiger partial charge in [0.1, 0.15) is 0 Å². The third-order valence-electron chi connectivity index (χ3n) is 3.15. The first-order valence-corrected chi connectivity index (χ1v) is 5.50. The van der Waals surface area contributed by atoms with Crippen molar-refractivity contribution in [2.75, 3.05) is 13.7 Å². The molecule has 0 aromatic heterocycles. The van der Waals surface area contributed by atoms with Crippen molar-refractivity contribution in [1.82, 2.24) is 0 Å². The first-order valence-electron chi connectivity index (χ1n) is 5.50. The summed E-state index contributed by atoms with van der Waals surface area (Å²) in [6, 6.07) is 0. The van der Waals surface area contributed by atoms with E-state index < -0.39 is 0 Å².